The molecule has 0 aromatic rings. The van der Waals surface area contributed by atoms with Crippen LogP contribution in [0.4, 0.5) is 0 Å². The smallest absolute Gasteiger partial charge is 0.320 e. The van der Waals surface area contributed by atoms with Gasteiger partial charge < -0.3 is 15.5 Å². The number of carboxylic acid groups (broad SMARTS) is 2. The molecule has 80 valence electrons. The second-order valence-electron chi connectivity index (χ2n) is 2.92. The van der Waals surface area contributed by atoms with Crippen LogP contribution in [0.15, 0.2) is 0 Å². The minimum Gasteiger partial charge on any atom is -0.481 e. The van der Waals surface area contributed by atoms with Crippen molar-refractivity contribution >= 4 is 17.7 Å². The highest BCUT2D eigenvalue weighted by Gasteiger charge is 2.29. The lowest BCUT2D eigenvalue weighted by atomic mass is 9.96. The lowest BCUT2D eigenvalue weighted by Crippen LogP contribution is -2.39. The highest BCUT2D eigenvalue weighted by Crippen LogP contribution is 2.08. The van der Waals surface area contributed by atoms with Crippen LogP contribution in [-0.4, -0.2) is 41.0 Å². The molecule has 0 aliphatic heterocycles. The zero-order chi connectivity index (χ0) is 11.3. The van der Waals surface area contributed by atoms with Crippen molar-refractivity contribution in [2.45, 2.75) is 19.4 Å². The molecule has 2 atom stereocenters. The number of carboxylic acids is 2. The molecule has 0 radical (unpaired) electrons. The highest BCUT2D eigenvalue weighted by molar-refractivity contribution is 5.97. The highest BCUT2D eigenvalue weighted by atomic mass is 16.4. The fraction of sp³-hybridized carbons (Fsp3) is 0.625. The number of aliphatic carboxylic acids is 2. The fourth-order valence-electron chi connectivity index (χ4n) is 1.02. The zero-order valence-electron chi connectivity index (χ0n) is 7.98. The number of ketones is 1. The number of nitrogens with one attached hydrogen (secondary N) is 1. The van der Waals surface area contributed by atoms with E-state index in [1.165, 1.54) is 7.05 Å². The molecule has 6 heteroatoms. The Morgan fingerprint density at radius 2 is 1.71 bits per heavy atom. The van der Waals surface area contributed by atoms with Gasteiger partial charge in [0.15, 0.2) is 0 Å². The van der Waals surface area contributed by atoms with E-state index in [2.05, 4.69) is 5.32 Å². The predicted molar refractivity (Wildman–Crippen MR) is 46.9 cm³/mol. The number of hydrogen-bond donors (Lipinski definition) is 3. The van der Waals surface area contributed by atoms with Crippen molar-refractivity contribution in [3.8, 4) is 0 Å². The molecule has 2 unspecified atom stereocenters. The fourth-order valence-corrected chi connectivity index (χ4v) is 1.02. The first kappa shape index (κ1) is 12.6. The van der Waals surface area contributed by atoms with E-state index < -0.39 is 29.7 Å². The van der Waals surface area contributed by atoms with E-state index in [4.69, 9.17) is 10.2 Å². The number of likely N-dealkylation sites (N-methyl/N-ethyl adjacent to an activating group) is 1. The summed E-state index contributed by atoms with van der Waals surface area (Å²) in [6.45, 7) is 1.13. The summed E-state index contributed by atoms with van der Waals surface area (Å²) in [4.78, 5) is 32.0. The van der Waals surface area contributed by atoms with Crippen molar-refractivity contribution in [3.05, 3.63) is 0 Å². The Balaban J connectivity index is 4.49. The van der Waals surface area contributed by atoms with E-state index in [1.807, 2.05) is 0 Å². The van der Waals surface area contributed by atoms with E-state index in [9.17, 15) is 14.4 Å². The van der Waals surface area contributed by atoms with Gasteiger partial charge >= 0.3 is 11.9 Å². The summed E-state index contributed by atoms with van der Waals surface area (Å²) < 4.78 is 0. The Hall–Kier alpha value is -1.43. The van der Waals surface area contributed by atoms with Gasteiger partial charge in [-0.2, -0.15) is 0 Å². The molecule has 0 aliphatic carbocycles. The van der Waals surface area contributed by atoms with Crippen molar-refractivity contribution < 1.29 is 24.6 Å². The predicted octanol–water partition coefficient (Wildman–Crippen LogP) is -0.661. The minimum absolute atomic E-state index is 0.240. The Morgan fingerprint density at radius 1 is 1.21 bits per heavy atom. The van der Waals surface area contributed by atoms with Crippen LogP contribution in [0.3, 0.4) is 0 Å². The standard InChI is InChI=1S/C8H13NO5/c1-4(10)5(7(11)12)3-6(9-2)8(13)14/h5-6,9H,3H2,1-2H3,(H,11,12)(H,13,14). The van der Waals surface area contributed by atoms with Gasteiger partial charge in [0, 0.05) is 0 Å². The summed E-state index contributed by atoms with van der Waals surface area (Å²) in [5.41, 5.74) is 0. The molecular weight excluding hydrogens is 190 g/mol. The molecule has 0 fully saturated rings. The Labute approximate surface area is 80.9 Å². The molecule has 0 aromatic carbocycles. The summed E-state index contributed by atoms with van der Waals surface area (Å²) >= 11 is 0. The van der Waals surface area contributed by atoms with Gasteiger partial charge in [-0.3, -0.25) is 14.4 Å². The molecule has 0 bridgehead atoms. The molecule has 14 heavy (non-hydrogen) atoms. The topological polar surface area (TPSA) is 104 Å². The third kappa shape index (κ3) is 3.53. The van der Waals surface area contributed by atoms with Crippen molar-refractivity contribution in [1.29, 1.82) is 0 Å². The van der Waals surface area contributed by atoms with Crippen LogP contribution in [0.2, 0.25) is 0 Å². The van der Waals surface area contributed by atoms with Crippen LogP contribution >= 0.6 is 0 Å². The number of Topliss-reactive ketones (excluding diaryl/α,β-unsaturated/α-hetero) is 1. The maximum atomic E-state index is 10.9. The largest absolute Gasteiger partial charge is 0.481 e. The summed E-state index contributed by atoms with van der Waals surface area (Å²) in [5, 5.41) is 19.7. The van der Waals surface area contributed by atoms with E-state index >= 15 is 0 Å². The van der Waals surface area contributed by atoms with Gasteiger partial charge in [-0.05, 0) is 20.4 Å². The molecular formula is C8H13NO5. The molecule has 0 rings (SSSR count). The number of carbonyl (C=O) groups excluding carboxylic acids is 1. The quantitative estimate of drug-likeness (QED) is 0.495. The molecule has 0 heterocycles. The second kappa shape index (κ2) is 5.33. The summed E-state index contributed by atoms with van der Waals surface area (Å²) in [6, 6.07) is -1.01. The Bertz CT molecular complexity index is 236. The van der Waals surface area contributed by atoms with Crippen LogP contribution in [0.25, 0.3) is 0 Å². The van der Waals surface area contributed by atoms with E-state index in [0.717, 1.165) is 6.92 Å². The lowest BCUT2D eigenvalue weighted by Gasteiger charge is -2.14. The molecule has 0 aromatic heterocycles. The SMILES string of the molecule is CNC(CC(C(C)=O)C(=O)O)C(=O)O. The second-order valence-corrected chi connectivity index (χ2v) is 2.92. The van der Waals surface area contributed by atoms with Crippen molar-refractivity contribution in [2.75, 3.05) is 7.05 Å². The molecule has 0 aliphatic rings. The maximum absolute atomic E-state index is 10.9. The normalized spacial score (nSPS) is 14.4. The molecule has 0 spiro atoms. The van der Waals surface area contributed by atoms with Gasteiger partial charge in [0.1, 0.15) is 17.7 Å². The van der Waals surface area contributed by atoms with Crippen LogP contribution in [-0.2, 0) is 14.4 Å². The van der Waals surface area contributed by atoms with Gasteiger partial charge in [-0.25, -0.2) is 0 Å². The van der Waals surface area contributed by atoms with Gasteiger partial charge in [0.2, 0.25) is 0 Å². The molecule has 0 amide bonds. The Morgan fingerprint density at radius 3 is 1.93 bits per heavy atom. The average Bonchev–Trinajstić information content (AvgIpc) is 2.03. The van der Waals surface area contributed by atoms with Gasteiger partial charge in [0.05, 0.1) is 0 Å². The zero-order valence-corrected chi connectivity index (χ0v) is 7.98. The first-order chi connectivity index (χ1) is 6.40. The number of rotatable bonds is 6. The van der Waals surface area contributed by atoms with Crippen molar-refractivity contribution in [3.63, 3.8) is 0 Å². The van der Waals surface area contributed by atoms with Crippen LogP contribution in [0.5, 0.6) is 0 Å². The first-order valence-corrected chi connectivity index (χ1v) is 4.03. The van der Waals surface area contributed by atoms with E-state index in [0.29, 0.717) is 0 Å². The average molecular weight is 203 g/mol. The first-order valence-electron chi connectivity index (χ1n) is 4.03. The van der Waals surface area contributed by atoms with Crippen LogP contribution in [0, 0.1) is 5.92 Å². The van der Waals surface area contributed by atoms with Crippen molar-refractivity contribution in [1.82, 2.24) is 5.32 Å². The summed E-state index contributed by atoms with van der Waals surface area (Å²) in [6.07, 6.45) is -0.240. The lowest BCUT2D eigenvalue weighted by molar-refractivity contribution is -0.147. The maximum Gasteiger partial charge on any atom is 0.320 e. The van der Waals surface area contributed by atoms with E-state index in [1.54, 1.807) is 0 Å². The molecule has 0 saturated carbocycles. The molecule has 3 N–H and O–H groups in total. The molecule has 6 nitrogen and oxygen atoms in total. The van der Waals surface area contributed by atoms with E-state index in [-0.39, 0.29) is 6.42 Å². The van der Waals surface area contributed by atoms with Crippen molar-refractivity contribution in [2.24, 2.45) is 5.92 Å². The number of carbonyl (C=O) groups is 3. The Kier molecular flexibility index (Phi) is 4.79. The minimum atomic E-state index is -1.29. The molecule has 0 saturated heterocycles. The third-order valence-corrected chi connectivity index (χ3v) is 1.91. The summed E-state index contributed by atoms with van der Waals surface area (Å²) in [7, 11) is 1.40. The third-order valence-electron chi connectivity index (χ3n) is 1.91. The summed E-state index contributed by atoms with van der Waals surface area (Å²) in [5.74, 6) is -4.26. The number of hydrogen-bond acceptors (Lipinski definition) is 4. The monoisotopic (exact) mass is 203 g/mol. The van der Waals surface area contributed by atoms with Gasteiger partial charge in [-0.15, -0.1) is 0 Å². The van der Waals surface area contributed by atoms with Crippen LogP contribution < -0.4 is 5.32 Å². The van der Waals surface area contributed by atoms with Crippen LogP contribution in [0.1, 0.15) is 13.3 Å². The van der Waals surface area contributed by atoms with Gasteiger partial charge in [0.25, 0.3) is 0 Å². The van der Waals surface area contributed by atoms with Gasteiger partial charge in [-0.1, -0.05) is 0 Å².